The SMILES string of the molecule is N[C@@H]1CCc2nc(Cl)ccc21. The average molecular weight is 169 g/mol. The number of aryl methyl sites for hydroxylation is 1. The first-order valence-corrected chi connectivity index (χ1v) is 4.06. The Morgan fingerprint density at radius 2 is 2.36 bits per heavy atom. The number of halogens is 1. The molecule has 58 valence electrons. The molecule has 1 aromatic heterocycles. The number of fused-ring (bicyclic) bond motifs is 1. The minimum atomic E-state index is 0.176. The molecule has 2 nitrogen and oxygen atoms in total. The molecule has 3 heteroatoms. The normalized spacial score (nSPS) is 21.8. The van der Waals surface area contributed by atoms with Crippen LogP contribution in [0.25, 0.3) is 0 Å². The van der Waals surface area contributed by atoms with Crippen LogP contribution in [-0.2, 0) is 6.42 Å². The summed E-state index contributed by atoms with van der Waals surface area (Å²) in [5, 5.41) is 0.567. The Labute approximate surface area is 70.4 Å². The molecule has 0 radical (unpaired) electrons. The van der Waals surface area contributed by atoms with Gasteiger partial charge in [0.2, 0.25) is 0 Å². The van der Waals surface area contributed by atoms with Crippen LogP contribution in [0.1, 0.15) is 23.7 Å². The van der Waals surface area contributed by atoms with Crippen LogP contribution in [0.3, 0.4) is 0 Å². The number of aromatic nitrogens is 1. The second kappa shape index (κ2) is 2.47. The molecule has 1 heterocycles. The molecule has 0 spiro atoms. The van der Waals surface area contributed by atoms with Gasteiger partial charge < -0.3 is 5.73 Å². The third kappa shape index (κ3) is 1.12. The molecule has 0 saturated carbocycles. The summed E-state index contributed by atoms with van der Waals surface area (Å²) in [4.78, 5) is 4.19. The highest BCUT2D eigenvalue weighted by molar-refractivity contribution is 6.29. The lowest BCUT2D eigenvalue weighted by atomic mass is 10.2. The zero-order valence-corrected chi connectivity index (χ0v) is 6.80. The fourth-order valence-electron chi connectivity index (χ4n) is 1.47. The van der Waals surface area contributed by atoms with Crippen molar-refractivity contribution >= 4 is 11.6 Å². The van der Waals surface area contributed by atoms with E-state index in [0.29, 0.717) is 5.15 Å². The van der Waals surface area contributed by atoms with E-state index in [9.17, 15) is 0 Å². The topological polar surface area (TPSA) is 38.9 Å². The quantitative estimate of drug-likeness (QED) is 0.599. The van der Waals surface area contributed by atoms with Crippen LogP contribution in [0.5, 0.6) is 0 Å². The lowest BCUT2D eigenvalue weighted by Crippen LogP contribution is -2.05. The van der Waals surface area contributed by atoms with Gasteiger partial charge >= 0.3 is 0 Å². The lowest BCUT2D eigenvalue weighted by Gasteiger charge is -2.02. The molecule has 0 fully saturated rings. The molecule has 0 aromatic carbocycles. The van der Waals surface area contributed by atoms with E-state index in [4.69, 9.17) is 17.3 Å². The van der Waals surface area contributed by atoms with Crippen LogP contribution >= 0.6 is 11.6 Å². The molecule has 1 aliphatic rings. The first-order chi connectivity index (χ1) is 5.27. The summed E-state index contributed by atoms with van der Waals surface area (Å²) in [5.74, 6) is 0. The molecule has 1 aromatic rings. The third-order valence-electron chi connectivity index (χ3n) is 2.07. The molecular weight excluding hydrogens is 160 g/mol. The zero-order valence-electron chi connectivity index (χ0n) is 6.05. The van der Waals surface area contributed by atoms with Crippen molar-refractivity contribution in [2.24, 2.45) is 5.73 Å². The average Bonchev–Trinajstić information content (AvgIpc) is 2.32. The van der Waals surface area contributed by atoms with Gasteiger partial charge in [-0.25, -0.2) is 4.98 Å². The summed E-state index contributed by atoms with van der Waals surface area (Å²) >= 11 is 5.72. The van der Waals surface area contributed by atoms with Crippen molar-refractivity contribution in [3.8, 4) is 0 Å². The van der Waals surface area contributed by atoms with Gasteiger partial charge in [-0.3, -0.25) is 0 Å². The van der Waals surface area contributed by atoms with Crippen LogP contribution < -0.4 is 5.73 Å². The minimum absolute atomic E-state index is 0.176. The number of pyridine rings is 1. The summed E-state index contributed by atoms with van der Waals surface area (Å²) in [5.41, 5.74) is 8.05. The highest BCUT2D eigenvalue weighted by Gasteiger charge is 2.19. The van der Waals surface area contributed by atoms with E-state index < -0.39 is 0 Å². The van der Waals surface area contributed by atoms with Crippen LogP contribution in [-0.4, -0.2) is 4.98 Å². The summed E-state index contributed by atoms with van der Waals surface area (Å²) in [6.07, 6.45) is 1.97. The molecular formula is C8H9ClN2. The molecule has 0 aliphatic heterocycles. The van der Waals surface area contributed by atoms with E-state index in [1.54, 1.807) is 6.07 Å². The Bertz CT molecular complexity index is 285. The van der Waals surface area contributed by atoms with Crippen molar-refractivity contribution in [3.05, 3.63) is 28.5 Å². The maximum absolute atomic E-state index is 5.81. The monoisotopic (exact) mass is 168 g/mol. The van der Waals surface area contributed by atoms with Crippen LogP contribution in [0.2, 0.25) is 5.15 Å². The number of nitrogens with zero attached hydrogens (tertiary/aromatic N) is 1. The van der Waals surface area contributed by atoms with Gasteiger partial charge in [-0.15, -0.1) is 0 Å². The summed E-state index contributed by atoms with van der Waals surface area (Å²) < 4.78 is 0. The number of nitrogens with two attached hydrogens (primary N) is 1. The van der Waals surface area contributed by atoms with Crippen LogP contribution in [0, 0.1) is 0 Å². The molecule has 0 bridgehead atoms. The summed E-state index contributed by atoms with van der Waals surface area (Å²) in [7, 11) is 0. The predicted octanol–water partition coefficient (Wildman–Crippen LogP) is 1.68. The van der Waals surface area contributed by atoms with Crippen molar-refractivity contribution in [2.75, 3.05) is 0 Å². The van der Waals surface area contributed by atoms with E-state index in [0.717, 1.165) is 24.1 Å². The van der Waals surface area contributed by atoms with Gasteiger partial charge in [0.05, 0.1) is 0 Å². The molecule has 2 N–H and O–H groups in total. The van der Waals surface area contributed by atoms with Crippen LogP contribution in [0.15, 0.2) is 12.1 Å². The van der Waals surface area contributed by atoms with E-state index in [-0.39, 0.29) is 6.04 Å². The molecule has 1 atom stereocenters. The number of hydrogen-bond acceptors (Lipinski definition) is 2. The lowest BCUT2D eigenvalue weighted by molar-refractivity contribution is 0.712. The Balaban J connectivity index is 2.50. The van der Waals surface area contributed by atoms with Crippen molar-refractivity contribution in [2.45, 2.75) is 18.9 Å². The predicted molar refractivity (Wildman–Crippen MR) is 44.5 cm³/mol. The highest BCUT2D eigenvalue weighted by Crippen LogP contribution is 2.28. The second-order valence-electron chi connectivity index (χ2n) is 2.82. The number of rotatable bonds is 0. The first-order valence-electron chi connectivity index (χ1n) is 3.68. The summed E-state index contributed by atoms with van der Waals surface area (Å²) in [6.45, 7) is 0. The van der Waals surface area contributed by atoms with Gasteiger partial charge in [0.1, 0.15) is 5.15 Å². The maximum Gasteiger partial charge on any atom is 0.129 e. The van der Waals surface area contributed by atoms with Gasteiger partial charge in [0, 0.05) is 11.7 Å². The Hall–Kier alpha value is -0.600. The van der Waals surface area contributed by atoms with Gasteiger partial charge in [-0.2, -0.15) is 0 Å². The molecule has 0 saturated heterocycles. The Kier molecular flexibility index (Phi) is 1.59. The van der Waals surface area contributed by atoms with E-state index in [1.165, 1.54) is 0 Å². The van der Waals surface area contributed by atoms with Gasteiger partial charge in [-0.05, 0) is 24.5 Å². The van der Waals surface area contributed by atoms with E-state index in [1.807, 2.05) is 6.07 Å². The molecule has 2 rings (SSSR count). The van der Waals surface area contributed by atoms with Gasteiger partial charge in [0.25, 0.3) is 0 Å². The largest absolute Gasteiger partial charge is 0.324 e. The van der Waals surface area contributed by atoms with Gasteiger partial charge in [0.15, 0.2) is 0 Å². The fourth-order valence-corrected chi connectivity index (χ4v) is 1.64. The molecule has 11 heavy (non-hydrogen) atoms. The Morgan fingerprint density at radius 3 is 3.18 bits per heavy atom. The van der Waals surface area contributed by atoms with Crippen LogP contribution in [0.4, 0.5) is 0 Å². The third-order valence-corrected chi connectivity index (χ3v) is 2.28. The van der Waals surface area contributed by atoms with Gasteiger partial charge in [-0.1, -0.05) is 17.7 Å². The smallest absolute Gasteiger partial charge is 0.129 e. The maximum atomic E-state index is 5.81. The first kappa shape index (κ1) is 7.07. The second-order valence-corrected chi connectivity index (χ2v) is 3.20. The molecule has 0 amide bonds. The summed E-state index contributed by atoms with van der Waals surface area (Å²) in [6, 6.07) is 3.95. The minimum Gasteiger partial charge on any atom is -0.324 e. The molecule has 0 unspecified atom stereocenters. The van der Waals surface area contributed by atoms with E-state index >= 15 is 0 Å². The van der Waals surface area contributed by atoms with Crippen molar-refractivity contribution in [1.29, 1.82) is 0 Å². The zero-order chi connectivity index (χ0) is 7.84. The Morgan fingerprint density at radius 1 is 1.55 bits per heavy atom. The highest BCUT2D eigenvalue weighted by atomic mass is 35.5. The number of hydrogen-bond donors (Lipinski definition) is 1. The van der Waals surface area contributed by atoms with Crippen molar-refractivity contribution in [1.82, 2.24) is 4.98 Å². The van der Waals surface area contributed by atoms with E-state index in [2.05, 4.69) is 4.98 Å². The van der Waals surface area contributed by atoms with Crippen molar-refractivity contribution < 1.29 is 0 Å². The molecule has 1 aliphatic carbocycles. The fraction of sp³-hybridized carbons (Fsp3) is 0.375. The van der Waals surface area contributed by atoms with Crippen molar-refractivity contribution in [3.63, 3.8) is 0 Å². The standard InChI is InChI=1S/C8H9ClN2/c9-8-4-1-5-6(10)2-3-7(5)11-8/h1,4,6H,2-3,10H2/t6-/m1/s1.